The number of fused-ring (bicyclic) bond motifs is 1. The van der Waals surface area contributed by atoms with E-state index in [1.54, 1.807) is 0 Å². The summed E-state index contributed by atoms with van der Waals surface area (Å²) in [6, 6.07) is 3.87. The number of aryl methyl sites for hydroxylation is 1. The molecule has 0 saturated heterocycles. The topological polar surface area (TPSA) is 24.9 Å². The molecule has 4 heteroatoms. The van der Waals surface area contributed by atoms with Gasteiger partial charge in [0.25, 0.3) is 0 Å². The highest BCUT2D eigenvalue weighted by atomic mass is 79.9. The van der Waals surface area contributed by atoms with Gasteiger partial charge in [0.15, 0.2) is 0 Å². The number of halogens is 2. The number of benzene rings is 1. The second-order valence-corrected chi connectivity index (χ2v) is 5.85. The van der Waals surface area contributed by atoms with Crippen molar-refractivity contribution in [1.82, 2.24) is 4.98 Å². The maximum absolute atomic E-state index is 6.31. The fourth-order valence-electron chi connectivity index (χ4n) is 2.25. The lowest BCUT2D eigenvalue weighted by molar-refractivity contribution is 0.970. The van der Waals surface area contributed by atoms with Crippen LogP contribution in [0.4, 0.5) is 5.69 Å². The molecule has 1 N–H and O–H groups in total. The Morgan fingerprint density at radius 1 is 1.32 bits per heavy atom. The Labute approximate surface area is 127 Å². The van der Waals surface area contributed by atoms with Crippen molar-refractivity contribution >= 4 is 44.1 Å². The standard InChI is InChI=1S/C15H18BrClN2/c1-4-8-18-14-9(3)12(5-2)19-15-11(17)7-6-10(16)13(14)15/h6-7H,4-5,8H2,1-3H3,(H,18,19). The van der Waals surface area contributed by atoms with Gasteiger partial charge in [-0.2, -0.15) is 0 Å². The highest BCUT2D eigenvalue weighted by molar-refractivity contribution is 9.10. The maximum Gasteiger partial charge on any atom is 0.0923 e. The minimum Gasteiger partial charge on any atom is -0.384 e. The predicted octanol–water partition coefficient (Wildman–Crippen LogP) is 5.34. The van der Waals surface area contributed by atoms with Gasteiger partial charge in [-0.25, -0.2) is 0 Å². The van der Waals surface area contributed by atoms with Gasteiger partial charge in [-0.05, 0) is 37.5 Å². The van der Waals surface area contributed by atoms with E-state index in [0.29, 0.717) is 5.02 Å². The third-order valence-corrected chi connectivity index (χ3v) is 4.23. The van der Waals surface area contributed by atoms with Crippen LogP contribution in [0.15, 0.2) is 16.6 Å². The van der Waals surface area contributed by atoms with Gasteiger partial charge in [0.2, 0.25) is 0 Å². The summed E-state index contributed by atoms with van der Waals surface area (Å²) in [5.41, 5.74) is 4.34. The molecule has 0 saturated carbocycles. The van der Waals surface area contributed by atoms with Crippen LogP contribution in [0.2, 0.25) is 5.02 Å². The average molecular weight is 342 g/mol. The van der Waals surface area contributed by atoms with Crippen molar-refractivity contribution < 1.29 is 0 Å². The van der Waals surface area contributed by atoms with Crippen LogP contribution in [0.5, 0.6) is 0 Å². The molecule has 0 unspecified atom stereocenters. The van der Waals surface area contributed by atoms with E-state index in [0.717, 1.165) is 46.1 Å². The van der Waals surface area contributed by atoms with Crippen molar-refractivity contribution in [3.8, 4) is 0 Å². The van der Waals surface area contributed by atoms with E-state index >= 15 is 0 Å². The maximum atomic E-state index is 6.31. The van der Waals surface area contributed by atoms with Crippen LogP contribution in [0.1, 0.15) is 31.5 Å². The lowest BCUT2D eigenvalue weighted by Gasteiger charge is -2.17. The highest BCUT2D eigenvalue weighted by Gasteiger charge is 2.15. The van der Waals surface area contributed by atoms with Crippen molar-refractivity contribution in [3.63, 3.8) is 0 Å². The van der Waals surface area contributed by atoms with Crippen molar-refractivity contribution in [3.05, 3.63) is 32.9 Å². The zero-order valence-corrected chi connectivity index (χ0v) is 13.8. The minimum absolute atomic E-state index is 0.701. The number of hydrogen-bond acceptors (Lipinski definition) is 2. The van der Waals surface area contributed by atoms with Crippen LogP contribution < -0.4 is 5.32 Å². The molecule has 102 valence electrons. The molecule has 0 spiro atoms. The van der Waals surface area contributed by atoms with Gasteiger partial charge in [-0.3, -0.25) is 4.98 Å². The van der Waals surface area contributed by atoms with Crippen molar-refractivity contribution in [2.45, 2.75) is 33.6 Å². The van der Waals surface area contributed by atoms with E-state index in [1.807, 2.05) is 12.1 Å². The molecule has 0 aliphatic heterocycles. The second-order valence-electron chi connectivity index (χ2n) is 4.59. The first-order valence-electron chi connectivity index (χ1n) is 6.61. The zero-order chi connectivity index (χ0) is 14.0. The Kier molecular flexibility index (Phi) is 4.69. The van der Waals surface area contributed by atoms with Gasteiger partial charge in [-0.1, -0.05) is 41.4 Å². The Morgan fingerprint density at radius 3 is 2.68 bits per heavy atom. The van der Waals surface area contributed by atoms with E-state index in [-0.39, 0.29) is 0 Å². The normalized spacial score (nSPS) is 11.0. The average Bonchev–Trinajstić information content (AvgIpc) is 2.41. The molecule has 0 atom stereocenters. The largest absolute Gasteiger partial charge is 0.384 e. The summed E-state index contributed by atoms with van der Waals surface area (Å²) >= 11 is 9.92. The van der Waals surface area contributed by atoms with E-state index in [4.69, 9.17) is 16.6 Å². The van der Waals surface area contributed by atoms with Gasteiger partial charge in [-0.15, -0.1) is 0 Å². The Hall–Kier alpha value is -0.800. The summed E-state index contributed by atoms with van der Waals surface area (Å²) in [6.45, 7) is 7.35. The Bertz CT molecular complexity index is 611. The van der Waals surface area contributed by atoms with E-state index in [1.165, 1.54) is 5.56 Å². The van der Waals surface area contributed by atoms with E-state index in [9.17, 15) is 0 Å². The second kappa shape index (κ2) is 6.10. The van der Waals surface area contributed by atoms with Gasteiger partial charge in [0.1, 0.15) is 0 Å². The summed E-state index contributed by atoms with van der Waals surface area (Å²) < 4.78 is 1.03. The van der Waals surface area contributed by atoms with Crippen LogP contribution in [-0.4, -0.2) is 11.5 Å². The number of nitrogens with one attached hydrogen (secondary N) is 1. The van der Waals surface area contributed by atoms with E-state index in [2.05, 4.69) is 42.0 Å². The van der Waals surface area contributed by atoms with Gasteiger partial charge in [0.05, 0.1) is 10.5 Å². The molecule has 0 amide bonds. The molecule has 1 aromatic carbocycles. The first-order chi connectivity index (χ1) is 9.10. The van der Waals surface area contributed by atoms with E-state index < -0.39 is 0 Å². The molecule has 2 rings (SSSR count). The monoisotopic (exact) mass is 340 g/mol. The van der Waals surface area contributed by atoms with Crippen LogP contribution in [0.3, 0.4) is 0 Å². The number of rotatable bonds is 4. The molecular weight excluding hydrogens is 324 g/mol. The first kappa shape index (κ1) is 14.6. The fourth-order valence-corrected chi connectivity index (χ4v) is 2.97. The third-order valence-electron chi connectivity index (χ3n) is 3.27. The molecular formula is C15H18BrClN2. The van der Waals surface area contributed by atoms with Gasteiger partial charge < -0.3 is 5.32 Å². The summed E-state index contributed by atoms with van der Waals surface area (Å²) in [4.78, 5) is 4.72. The zero-order valence-electron chi connectivity index (χ0n) is 11.5. The number of nitrogens with zero attached hydrogens (tertiary/aromatic N) is 1. The van der Waals surface area contributed by atoms with Crippen molar-refractivity contribution in [1.29, 1.82) is 0 Å². The van der Waals surface area contributed by atoms with Crippen LogP contribution >= 0.6 is 27.5 Å². The molecule has 2 nitrogen and oxygen atoms in total. The molecule has 0 aliphatic rings. The molecule has 19 heavy (non-hydrogen) atoms. The van der Waals surface area contributed by atoms with Crippen molar-refractivity contribution in [2.75, 3.05) is 11.9 Å². The third kappa shape index (κ3) is 2.72. The predicted molar refractivity (Wildman–Crippen MR) is 87.3 cm³/mol. The quantitative estimate of drug-likeness (QED) is 0.811. The number of hydrogen-bond donors (Lipinski definition) is 1. The van der Waals surface area contributed by atoms with Crippen LogP contribution in [0, 0.1) is 6.92 Å². The lowest BCUT2D eigenvalue weighted by Crippen LogP contribution is -2.06. The molecule has 0 fully saturated rings. The summed E-state index contributed by atoms with van der Waals surface area (Å²) in [7, 11) is 0. The van der Waals surface area contributed by atoms with Gasteiger partial charge in [0, 0.05) is 27.8 Å². The molecule has 1 aromatic heterocycles. The fraction of sp³-hybridized carbons (Fsp3) is 0.400. The number of anilines is 1. The Balaban J connectivity index is 2.79. The number of pyridine rings is 1. The molecule has 0 aliphatic carbocycles. The Morgan fingerprint density at radius 2 is 2.05 bits per heavy atom. The summed E-state index contributed by atoms with van der Waals surface area (Å²) in [5, 5.41) is 5.30. The SMILES string of the molecule is CCCNc1c(C)c(CC)nc2c(Cl)ccc(Br)c12. The van der Waals surface area contributed by atoms with Crippen molar-refractivity contribution in [2.24, 2.45) is 0 Å². The van der Waals surface area contributed by atoms with Gasteiger partial charge >= 0.3 is 0 Å². The summed E-state index contributed by atoms with van der Waals surface area (Å²) in [5.74, 6) is 0. The van der Waals surface area contributed by atoms with Crippen LogP contribution in [-0.2, 0) is 6.42 Å². The lowest BCUT2D eigenvalue weighted by atomic mass is 10.1. The highest BCUT2D eigenvalue weighted by Crippen LogP contribution is 2.37. The molecule has 0 bridgehead atoms. The number of aromatic nitrogens is 1. The molecule has 1 heterocycles. The summed E-state index contributed by atoms with van der Waals surface area (Å²) in [6.07, 6.45) is 1.99. The smallest absolute Gasteiger partial charge is 0.0923 e. The van der Waals surface area contributed by atoms with Crippen LogP contribution in [0.25, 0.3) is 10.9 Å². The molecule has 0 radical (unpaired) electrons. The molecule has 2 aromatic rings. The first-order valence-corrected chi connectivity index (χ1v) is 7.78. The minimum atomic E-state index is 0.701.